The molecule has 0 N–H and O–H groups in total. The Morgan fingerprint density at radius 1 is 1.00 bits per heavy atom. The van der Waals surface area contributed by atoms with Crippen molar-refractivity contribution in [2.24, 2.45) is 0 Å². The van der Waals surface area contributed by atoms with Crippen LogP contribution in [0.1, 0.15) is 51.9 Å². The number of terminal acetylenes is 1. The number of hydrogen-bond acceptors (Lipinski definition) is 1. The van der Waals surface area contributed by atoms with Gasteiger partial charge in [0.25, 0.3) is 0 Å². The van der Waals surface area contributed by atoms with Gasteiger partial charge in [-0.2, -0.15) is 0 Å². The van der Waals surface area contributed by atoms with Crippen LogP contribution in [0.2, 0.25) is 0 Å². The summed E-state index contributed by atoms with van der Waals surface area (Å²) in [4.78, 5) is 2.33. The highest BCUT2D eigenvalue weighted by atomic mass is 15.1. The van der Waals surface area contributed by atoms with E-state index >= 15 is 0 Å². The van der Waals surface area contributed by atoms with Crippen molar-refractivity contribution >= 4 is 0 Å². The Morgan fingerprint density at radius 2 is 1.64 bits per heavy atom. The van der Waals surface area contributed by atoms with Gasteiger partial charge >= 0.3 is 0 Å². The summed E-state index contributed by atoms with van der Waals surface area (Å²) < 4.78 is 0. The quantitative estimate of drug-likeness (QED) is 0.403. The highest BCUT2D eigenvalue weighted by Crippen LogP contribution is 2.05. The first-order valence-corrected chi connectivity index (χ1v) is 5.93. The molecular weight excluding hydrogens is 170 g/mol. The average Bonchev–Trinajstić information content (AvgIpc) is 2.20. The van der Waals surface area contributed by atoms with E-state index in [1.54, 1.807) is 0 Å². The molecule has 0 aromatic rings. The minimum absolute atomic E-state index is 0.881. The third-order valence-electron chi connectivity index (χ3n) is 2.53. The number of unbranched alkanes of at least 4 members (excludes halogenated alkanes) is 5. The van der Waals surface area contributed by atoms with Gasteiger partial charge in [0.05, 0.1) is 0 Å². The summed E-state index contributed by atoms with van der Waals surface area (Å²) in [5.74, 6) is 2.68. The van der Waals surface area contributed by atoms with Gasteiger partial charge in [-0.3, -0.25) is 0 Å². The van der Waals surface area contributed by atoms with Gasteiger partial charge in [0, 0.05) is 13.0 Å². The van der Waals surface area contributed by atoms with Gasteiger partial charge in [-0.15, -0.1) is 12.3 Å². The molecule has 1 nitrogen and oxygen atoms in total. The standard InChI is InChI=1S/C13H25N/c1-4-6-8-9-10-11-13-14(3)12-7-5-2/h2H,4,6-13H2,1,3H3. The molecule has 0 bridgehead atoms. The van der Waals surface area contributed by atoms with Gasteiger partial charge < -0.3 is 4.90 Å². The number of rotatable bonds is 9. The van der Waals surface area contributed by atoms with E-state index in [0.29, 0.717) is 0 Å². The van der Waals surface area contributed by atoms with E-state index in [0.717, 1.165) is 13.0 Å². The van der Waals surface area contributed by atoms with E-state index in [4.69, 9.17) is 6.42 Å². The SMILES string of the molecule is C#CCCN(C)CCCCCCCC. The maximum atomic E-state index is 5.21. The van der Waals surface area contributed by atoms with Crippen LogP contribution in [0.5, 0.6) is 0 Å². The van der Waals surface area contributed by atoms with Crippen LogP contribution in [0.25, 0.3) is 0 Å². The van der Waals surface area contributed by atoms with Gasteiger partial charge in [0.2, 0.25) is 0 Å². The summed E-state index contributed by atoms with van der Waals surface area (Å²) in [6.45, 7) is 4.51. The van der Waals surface area contributed by atoms with Gasteiger partial charge in [0.1, 0.15) is 0 Å². The Bertz CT molecular complexity index is 146. The summed E-state index contributed by atoms with van der Waals surface area (Å²) in [6.07, 6.45) is 14.3. The van der Waals surface area contributed by atoms with Gasteiger partial charge in [-0.1, -0.05) is 39.0 Å². The molecule has 0 amide bonds. The number of hydrogen-bond donors (Lipinski definition) is 0. The predicted molar refractivity (Wildman–Crippen MR) is 64.3 cm³/mol. The first-order chi connectivity index (χ1) is 6.81. The second-order valence-electron chi connectivity index (χ2n) is 4.03. The molecule has 0 saturated carbocycles. The third-order valence-corrected chi connectivity index (χ3v) is 2.53. The Balaban J connectivity index is 3.07. The zero-order valence-electron chi connectivity index (χ0n) is 9.89. The van der Waals surface area contributed by atoms with Crippen LogP contribution in [-0.4, -0.2) is 25.0 Å². The van der Waals surface area contributed by atoms with Gasteiger partial charge in [0.15, 0.2) is 0 Å². The van der Waals surface area contributed by atoms with Crippen molar-refractivity contribution < 1.29 is 0 Å². The topological polar surface area (TPSA) is 3.24 Å². The average molecular weight is 195 g/mol. The molecule has 0 aliphatic heterocycles. The van der Waals surface area contributed by atoms with Crippen LogP contribution in [0, 0.1) is 12.3 Å². The van der Waals surface area contributed by atoms with Crippen LogP contribution < -0.4 is 0 Å². The summed E-state index contributed by atoms with van der Waals surface area (Å²) in [5.41, 5.74) is 0. The van der Waals surface area contributed by atoms with Crippen molar-refractivity contribution in [3.05, 3.63) is 0 Å². The van der Waals surface area contributed by atoms with E-state index in [1.165, 1.54) is 45.1 Å². The Kier molecular flexibility index (Phi) is 10.2. The van der Waals surface area contributed by atoms with Crippen molar-refractivity contribution in [2.45, 2.75) is 51.9 Å². The fourth-order valence-electron chi connectivity index (χ4n) is 1.53. The van der Waals surface area contributed by atoms with Crippen molar-refractivity contribution in [1.29, 1.82) is 0 Å². The molecule has 0 aromatic heterocycles. The second kappa shape index (κ2) is 10.6. The first-order valence-electron chi connectivity index (χ1n) is 5.93. The maximum absolute atomic E-state index is 5.21. The smallest absolute Gasteiger partial charge is 0.0214 e. The zero-order valence-corrected chi connectivity index (χ0v) is 9.89. The Morgan fingerprint density at radius 3 is 2.29 bits per heavy atom. The lowest BCUT2D eigenvalue weighted by atomic mass is 10.1. The summed E-state index contributed by atoms with van der Waals surface area (Å²) >= 11 is 0. The number of nitrogens with zero attached hydrogens (tertiary/aromatic N) is 1. The monoisotopic (exact) mass is 195 g/mol. The largest absolute Gasteiger partial charge is 0.305 e. The Hall–Kier alpha value is -0.480. The predicted octanol–water partition coefficient (Wildman–Crippen LogP) is 3.30. The molecule has 0 saturated heterocycles. The van der Waals surface area contributed by atoms with E-state index in [1.807, 2.05) is 0 Å². The lowest BCUT2D eigenvalue weighted by Crippen LogP contribution is -2.20. The Labute approximate surface area is 89.9 Å². The van der Waals surface area contributed by atoms with E-state index in [-0.39, 0.29) is 0 Å². The van der Waals surface area contributed by atoms with E-state index < -0.39 is 0 Å². The highest BCUT2D eigenvalue weighted by Gasteiger charge is 1.96. The molecule has 0 heterocycles. The van der Waals surface area contributed by atoms with E-state index in [9.17, 15) is 0 Å². The highest BCUT2D eigenvalue weighted by molar-refractivity contribution is 4.84. The lowest BCUT2D eigenvalue weighted by molar-refractivity contribution is 0.331. The van der Waals surface area contributed by atoms with Gasteiger partial charge in [-0.05, 0) is 20.0 Å². The first kappa shape index (κ1) is 13.5. The van der Waals surface area contributed by atoms with Crippen LogP contribution in [0.3, 0.4) is 0 Å². The molecule has 14 heavy (non-hydrogen) atoms. The van der Waals surface area contributed by atoms with Crippen molar-refractivity contribution in [2.75, 3.05) is 20.1 Å². The summed E-state index contributed by atoms with van der Waals surface area (Å²) in [7, 11) is 2.16. The van der Waals surface area contributed by atoms with Crippen LogP contribution >= 0.6 is 0 Å². The molecule has 0 aromatic carbocycles. The minimum atomic E-state index is 0.881. The van der Waals surface area contributed by atoms with Crippen molar-refractivity contribution in [3.8, 4) is 12.3 Å². The molecule has 0 spiro atoms. The minimum Gasteiger partial charge on any atom is -0.305 e. The van der Waals surface area contributed by atoms with Crippen LogP contribution in [0.15, 0.2) is 0 Å². The molecule has 82 valence electrons. The third kappa shape index (κ3) is 9.61. The van der Waals surface area contributed by atoms with E-state index in [2.05, 4.69) is 24.8 Å². The lowest BCUT2D eigenvalue weighted by Gasteiger charge is -2.14. The molecule has 0 unspecified atom stereocenters. The second-order valence-corrected chi connectivity index (χ2v) is 4.03. The van der Waals surface area contributed by atoms with Crippen LogP contribution in [-0.2, 0) is 0 Å². The molecule has 0 fully saturated rings. The molecule has 0 atom stereocenters. The molecule has 0 rings (SSSR count). The fraction of sp³-hybridized carbons (Fsp3) is 0.846. The maximum Gasteiger partial charge on any atom is 0.0214 e. The van der Waals surface area contributed by atoms with Gasteiger partial charge in [-0.25, -0.2) is 0 Å². The molecule has 0 radical (unpaired) electrons. The molecule has 0 aliphatic carbocycles. The zero-order chi connectivity index (χ0) is 10.6. The summed E-state index contributed by atoms with van der Waals surface area (Å²) in [6, 6.07) is 0. The summed E-state index contributed by atoms with van der Waals surface area (Å²) in [5, 5.41) is 0. The molecule has 0 aliphatic rings. The normalized spacial score (nSPS) is 10.4. The molecule has 1 heteroatoms. The van der Waals surface area contributed by atoms with Crippen molar-refractivity contribution in [1.82, 2.24) is 4.90 Å². The van der Waals surface area contributed by atoms with Crippen molar-refractivity contribution in [3.63, 3.8) is 0 Å². The van der Waals surface area contributed by atoms with Crippen LogP contribution in [0.4, 0.5) is 0 Å². The fourth-order valence-corrected chi connectivity index (χ4v) is 1.53. The molecular formula is C13H25N.